The summed E-state index contributed by atoms with van der Waals surface area (Å²) in [5.74, 6) is 0. The van der Waals surface area contributed by atoms with Crippen molar-refractivity contribution in [2.75, 3.05) is 19.0 Å². The van der Waals surface area contributed by atoms with E-state index < -0.39 is 15.7 Å². The molecule has 0 spiro atoms. The first-order valence-electron chi connectivity index (χ1n) is 8.04. The molecule has 2 aromatic heterocycles. The summed E-state index contributed by atoms with van der Waals surface area (Å²) in [6, 6.07) is 5.25. The number of hydrogen-bond acceptors (Lipinski definition) is 8. The Morgan fingerprint density at radius 2 is 1.89 bits per heavy atom. The summed E-state index contributed by atoms with van der Waals surface area (Å²) in [6.07, 6.45) is 0. The maximum absolute atomic E-state index is 12.8. The van der Waals surface area contributed by atoms with E-state index in [1.54, 1.807) is 13.8 Å². The molecule has 12 heteroatoms. The molecule has 0 saturated heterocycles. The molecule has 3 rings (SSSR count). The van der Waals surface area contributed by atoms with Crippen molar-refractivity contribution in [3.63, 3.8) is 0 Å². The zero-order chi connectivity index (χ0) is 20.6. The molecule has 0 radical (unpaired) electrons. The van der Waals surface area contributed by atoms with Crippen molar-refractivity contribution in [1.29, 1.82) is 0 Å². The number of nitrogens with zero attached hydrogens (tertiary/aromatic N) is 5. The molecule has 10 nitrogen and oxygen atoms in total. The predicted octanol–water partition coefficient (Wildman–Crippen LogP) is 1.78. The molecule has 0 saturated carbocycles. The Kier molecular flexibility index (Phi) is 5.19. The Morgan fingerprint density at radius 3 is 2.43 bits per heavy atom. The third-order valence-corrected chi connectivity index (χ3v) is 5.89. The summed E-state index contributed by atoms with van der Waals surface area (Å²) in [4.78, 5) is 18.8. The number of rotatable bonds is 5. The van der Waals surface area contributed by atoms with E-state index in [1.165, 1.54) is 40.3 Å². The maximum Gasteiger partial charge on any atom is 0.297 e. The van der Waals surface area contributed by atoms with Gasteiger partial charge in [0, 0.05) is 14.1 Å². The number of aliphatic imine (C=N–C) groups is 1. The van der Waals surface area contributed by atoms with Gasteiger partial charge in [0.2, 0.25) is 5.13 Å². The summed E-state index contributed by atoms with van der Waals surface area (Å²) in [6.45, 7) is 3.46. The molecule has 0 fully saturated rings. The zero-order valence-corrected chi connectivity index (χ0v) is 17.2. The van der Waals surface area contributed by atoms with Crippen LogP contribution in [-0.4, -0.2) is 52.8 Å². The van der Waals surface area contributed by atoms with Crippen molar-refractivity contribution in [3.05, 3.63) is 45.3 Å². The van der Waals surface area contributed by atoms with E-state index in [0.717, 1.165) is 5.13 Å². The molecular weight excluding hydrogens is 404 g/mol. The molecule has 0 atom stereocenters. The molecule has 148 valence electrons. The molecule has 0 unspecified atom stereocenters. The van der Waals surface area contributed by atoms with Crippen molar-refractivity contribution in [3.8, 4) is 5.69 Å². The van der Waals surface area contributed by atoms with Crippen LogP contribution in [-0.2, 0) is 10.1 Å². The fraction of sp³-hybridized carbons (Fsp3) is 0.250. The van der Waals surface area contributed by atoms with Crippen LogP contribution in [0.1, 0.15) is 17.6 Å². The third kappa shape index (κ3) is 3.88. The number of aromatic amines is 1. The second-order valence-corrected chi connectivity index (χ2v) is 8.55. The van der Waals surface area contributed by atoms with Gasteiger partial charge in [-0.25, -0.2) is 9.67 Å². The average molecular weight is 422 g/mol. The monoisotopic (exact) mass is 422 g/mol. The lowest BCUT2D eigenvalue weighted by Crippen LogP contribution is -2.14. The van der Waals surface area contributed by atoms with Crippen LogP contribution < -0.4 is 10.5 Å². The van der Waals surface area contributed by atoms with Crippen molar-refractivity contribution in [2.24, 2.45) is 4.99 Å². The van der Waals surface area contributed by atoms with Crippen LogP contribution in [0.5, 0.6) is 0 Å². The molecule has 3 aromatic rings. The van der Waals surface area contributed by atoms with Crippen LogP contribution in [0.3, 0.4) is 0 Å². The van der Waals surface area contributed by atoms with Crippen LogP contribution in [0.25, 0.3) is 5.69 Å². The number of aromatic nitrogens is 4. The minimum absolute atomic E-state index is 0.220. The Morgan fingerprint density at radius 1 is 1.25 bits per heavy atom. The highest BCUT2D eigenvalue weighted by molar-refractivity contribution is 7.85. The number of nitrogens with one attached hydrogen (secondary N) is 1. The van der Waals surface area contributed by atoms with Gasteiger partial charge in [0.15, 0.2) is 10.7 Å². The summed E-state index contributed by atoms with van der Waals surface area (Å²) < 4.78 is 32.6. The van der Waals surface area contributed by atoms with Gasteiger partial charge in [-0.05, 0) is 38.1 Å². The molecule has 0 aliphatic carbocycles. The van der Waals surface area contributed by atoms with Crippen LogP contribution in [0.4, 0.5) is 10.8 Å². The molecular formula is C16H18N6O4S2. The van der Waals surface area contributed by atoms with Crippen molar-refractivity contribution in [1.82, 2.24) is 20.0 Å². The van der Waals surface area contributed by atoms with Crippen LogP contribution in [0, 0.1) is 6.92 Å². The predicted molar refractivity (Wildman–Crippen MR) is 107 cm³/mol. The van der Waals surface area contributed by atoms with Gasteiger partial charge < -0.3 is 4.90 Å². The zero-order valence-electron chi connectivity index (χ0n) is 15.5. The quantitative estimate of drug-likeness (QED) is 0.473. The van der Waals surface area contributed by atoms with Crippen LogP contribution >= 0.6 is 11.3 Å². The smallest absolute Gasteiger partial charge is 0.297 e. The van der Waals surface area contributed by atoms with Crippen LogP contribution in [0.2, 0.25) is 0 Å². The first-order valence-corrected chi connectivity index (χ1v) is 10.3. The minimum Gasteiger partial charge on any atom is -0.353 e. The highest BCUT2D eigenvalue weighted by Crippen LogP contribution is 2.21. The molecule has 0 amide bonds. The Labute approximate surface area is 164 Å². The number of H-pyrrole nitrogens is 1. The Hall–Kier alpha value is -2.83. The molecule has 0 bridgehead atoms. The van der Waals surface area contributed by atoms with E-state index in [1.807, 2.05) is 19.0 Å². The lowest BCUT2D eigenvalue weighted by Gasteiger charge is -2.03. The lowest BCUT2D eigenvalue weighted by atomic mass is 10.3. The fourth-order valence-electron chi connectivity index (χ4n) is 2.38. The van der Waals surface area contributed by atoms with Gasteiger partial charge in [0.05, 0.1) is 22.0 Å². The SMILES string of the molecule is CC(=Nc1c(C)[nH]n(-c2ccc(S(=O)(=O)O)cc2)c1=O)c1nnc(N(C)C)s1. The van der Waals surface area contributed by atoms with E-state index >= 15 is 0 Å². The largest absolute Gasteiger partial charge is 0.353 e. The van der Waals surface area contributed by atoms with Crippen molar-refractivity contribution < 1.29 is 13.0 Å². The Balaban J connectivity index is 1.99. The maximum atomic E-state index is 12.8. The molecule has 0 aliphatic rings. The second-order valence-electron chi connectivity index (χ2n) is 6.18. The Bertz CT molecular complexity index is 1200. The van der Waals surface area contributed by atoms with Gasteiger partial charge in [0.25, 0.3) is 15.7 Å². The standard InChI is InChI=1S/C16H18N6O4S2/c1-9-13(17-10(2)14-18-19-16(27-14)21(3)4)15(23)22(20-9)11-5-7-12(8-6-11)28(24,25)26/h5-8,20H,1-4H3,(H,24,25,26). The first kappa shape index (κ1) is 19.9. The molecule has 0 aliphatic heterocycles. The molecule has 2 N–H and O–H groups in total. The summed E-state index contributed by atoms with van der Waals surface area (Å²) in [5, 5.41) is 12.4. The van der Waals surface area contributed by atoms with E-state index in [-0.39, 0.29) is 10.6 Å². The van der Waals surface area contributed by atoms with Crippen molar-refractivity contribution in [2.45, 2.75) is 18.7 Å². The number of hydrogen-bond donors (Lipinski definition) is 2. The van der Waals surface area contributed by atoms with Gasteiger partial charge in [-0.3, -0.25) is 14.4 Å². The van der Waals surface area contributed by atoms with E-state index in [2.05, 4.69) is 20.3 Å². The minimum atomic E-state index is -4.30. The van der Waals surface area contributed by atoms with Gasteiger partial charge >= 0.3 is 0 Å². The van der Waals surface area contributed by atoms with Gasteiger partial charge in [-0.1, -0.05) is 11.3 Å². The molecule has 1 aromatic carbocycles. The van der Waals surface area contributed by atoms with Gasteiger partial charge in [0.1, 0.15) is 0 Å². The summed E-state index contributed by atoms with van der Waals surface area (Å²) in [5.41, 5.74) is 1.33. The fourth-order valence-corrected chi connectivity index (χ4v) is 3.57. The highest BCUT2D eigenvalue weighted by Gasteiger charge is 2.15. The topological polar surface area (TPSA) is 134 Å². The van der Waals surface area contributed by atoms with E-state index in [4.69, 9.17) is 4.55 Å². The second kappa shape index (κ2) is 7.30. The third-order valence-electron chi connectivity index (χ3n) is 3.82. The molecule has 2 heterocycles. The molecule has 28 heavy (non-hydrogen) atoms. The number of benzene rings is 1. The summed E-state index contributed by atoms with van der Waals surface area (Å²) in [7, 11) is -0.580. The normalized spacial score (nSPS) is 12.4. The highest BCUT2D eigenvalue weighted by atomic mass is 32.2. The van der Waals surface area contributed by atoms with Crippen LogP contribution in [0.15, 0.2) is 38.9 Å². The number of aryl methyl sites for hydroxylation is 1. The van der Waals surface area contributed by atoms with Gasteiger partial charge in [-0.2, -0.15) is 8.42 Å². The van der Waals surface area contributed by atoms with Gasteiger partial charge in [-0.15, -0.1) is 10.2 Å². The number of anilines is 1. The van der Waals surface area contributed by atoms with Crippen molar-refractivity contribution >= 4 is 38.0 Å². The average Bonchev–Trinajstić information content (AvgIpc) is 3.22. The van der Waals surface area contributed by atoms with E-state index in [0.29, 0.717) is 22.1 Å². The lowest BCUT2D eigenvalue weighted by molar-refractivity contribution is 0.483. The van der Waals surface area contributed by atoms with E-state index in [9.17, 15) is 13.2 Å². The first-order chi connectivity index (χ1) is 13.1. The summed E-state index contributed by atoms with van der Waals surface area (Å²) >= 11 is 1.36.